The molecular weight excluding hydrogens is 409 g/mol. The molecule has 6 nitrogen and oxygen atoms in total. The highest BCUT2D eigenvalue weighted by atomic mass is 35.5. The lowest BCUT2D eigenvalue weighted by Gasteiger charge is -2.12. The molecule has 0 heterocycles. The minimum atomic E-state index is -0.503. The van der Waals surface area contributed by atoms with E-state index in [1.165, 1.54) is 6.07 Å². The van der Waals surface area contributed by atoms with Crippen LogP contribution in [0.2, 0.25) is 10.0 Å². The number of hydrogen-bond acceptors (Lipinski definition) is 4. The maximum Gasteiger partial charge on any atom is 0.264 e. The number of hydrazine groups is 1. The summed E-state index contributed by atoms with van der Waals surface area (Å²) in [6.45, 7) is -0.300. The number of amides is 2. The number of carbonyl (C=O) groups is 2. The van der Waals surface area contributed by atoms with Crippen molar-refractivity contribution in [2.24, 2.45) is 0 Å². The molecule has 0 aliphatic rings. The maximum absolute atomic E-state index is 11.8. The lowest BCUT2D eigenvalue weighted by molar-refractivity contribution is -0.123. The van der Waals surface area contributed by atoms with E-state index in [2.05, 4.69) is 16.2 Å². The van der Waals surface area contributed by atoms with E-state index in [4.69, 9.17) is 40.2 Å². The van der Waals surface area contributed by atoms with E-state index >= 15 is 0 Å². The predicted octanol–water partition coefficient (Wildman–Crippen LogP) is 3.03. The normalized spacial score (nSPS) is 10.0. The molecule has 2 rings (SSSR count). The van der Waals surface area contributed by atoms with Crippen molar-refractivity contribution in [1.82, 2.24) is 16.2 Å². The summed E-state index contributed by atoms with van der Waals surface area (Å²) in [7, 11) is 0. The van der Waals surface area contributed by atoms with Crippen LogP contribution in [-0.4, -0.2) is 23.5 Å². The molecule has 0 saturated carbocycles. The standard InChI is InChI=1S/C18H17Cl2N3O3S/c19-13-7-8-15(14(20)10-13)26-11-17(25)21-18(27)23-22-16(24)9-6-12-4-2-1-3-5-12/h1-5,7-8,10H,6,9,11H2,(H,22,24)(H2,21,23,25,27). The molecule has 0 fully saturated rings. The Morgan fingerprint density at radius 3 is 2.44 bits per heavy atom. The molecule has 0 aliphatic heterocycles. The SMILES string of the molecule is O=C(CCc1ccccc1)NNC(=S)NC(=O)COc1ccc(Cl)cc1Cl. The van der Waals surface area contributed by atoms with Gasteiger partial charge in [-0.2, -0.15) is 0 Å². The van der Waals surface area contributed by atoms with Crippen LogP contribution in [0.4, 0.5) is 0 Å². The van der Waals surface area contributed by atoms with Gasteiger partial charge in [-0.3, -0.25) is 25.8 Å². The molecule has 0 bridgehead atoms. The number of benzene rings is 2. The Labute approximate surface area is 172 Å². The molecule has 0 saturated heterocycles. The van der Waals surface area contributed by atoms with Crippen LogP contribution in [0.3, 0.4) is 0 Å². The fourth-order valence-corrected chi connectivity index (χ4v) is 2.65. The molecule has 0 unspecified atom stereocenters. The smallest absolute Gasteiger partial charge is 0.264 e. The number of hydrogen-bond donors (Lipinski definition) is 3. The number of rotatable bonds is 6. The fourth-order valence-electron chi connectivity index (χ4n) is 2.02. The highest BCUT2D eigenvalue weighted by molar-refractivity contribution is 7.80. The van der Waals surface area contributed by atoms with Gasteiger partial charge in [0.15, 0.2) is 11.7 Å². The second-order valence-corrected chi connectivity index (χ2v) is 6.65. The van der Waals surface area contributed by atoms with E-state index in [9.17, 15) is 9.59 Å². The van der Waals surface area contributed by atoms with Crippen LogP contribution in [0.5, 0.6) is 5.75 Å². The van der Waals surface area contributed by atoms with Gasteiger partial charge in [0.1, 0.15) is 5.75 Å². The monoisotopic (exact) mass is 425 g/mol. The molecule has 0 spiro atoms. The maximum atomic E-state index is 11.8. The Hall–Kier alpha value is -2.35. The molecule has 0 radical (unpaired) electrons. The first-order valence-electron chi connectivity index (χ1n) is 7.94. The summed E-state index contributed by atoms with van der Waals surface area (Å²) in [6, 6.07) is 14.3. The molecule has 2 aromatic rings. The lowest BCUT2D eigenvalue weighted by Crippen LogP contribution is -2.49. The average Bonchev–Trinajstić information content (AvgIpc) is 2.65. The molecule has 27 heavy (non-hydrogen) atoms. The number of carbonyl (C=O) groups excluding carboxylic acids is 2. The molecule has 2 amide bonds. The van der Waals surface area contributed by atoms with Crippen molar-refractivity contribution < 1.29 is 14.3 Å². The number of halogens is 2. The molecule has 3 N–H and O–H groups in total. The number of nitrogens with one attached hydrogen (secondary N) is 3. The Bertz CT molecular complexity index is 819. The lowest BCUT2D eigenvalue weighted by atomic mass is 10.1. The Balaban J connectivity index is 1.65. The van der Waals surface area contributed by atoms with Crippen LogP contribution >= 0.6 is 35.4 Å². The summed E-state index contributed by atoms with van der Waals surface area (Å²) in [5, 5.41) is 3.10. The van der Waals surface area contributed by atoms with Gasteiger partial charge >= 0.3 is 0 Å². The highest BCUT2D eigenvalue weighted by Gasteiger charge is 2.09. The summed E-state index contributed by atoms with van der Waals surface area (Å²) in [5.41, 5.74) is 5.95. The van der Waals surface area contributed by atoms with E-state index < -0.39 is 5.91 Å². The number of thiocarbonyl (C=S) groups is 1. The zero-order valence-corrected chi connectivity index (χ0v) is 16.5. The van der Waals surface area contributed by atoms with E-state index in [0.717, 1.165) is 5.56 Å². The fraction of sp³-hybridized carbons (Fsp3) is 0.167. The summed E-state index contributed by atoms with van der Waals surface area (Å²) in [4.78, 5) is 23.6. The number of ether oxygens (including phenoxy) is 1. The summed E-state index contributed by atoms with van der Waals surface area (Å²) in [6.07, 6.45) is 0.884. The average molecular weight is 426 g/mol. The molecule has 142 valence electrons. The van der Waals surface area contributed by atoms with E-state index in [1.54, 1.807) is 12.1 Å². The van der Waals surface area contributed by atoms with Gasteiger partial charge in [0.2, 0.25) is 5.91 Å². The van der Waals surface area contributed by atoms with Crippen molar-refractivity contribution in [2.75, 3.05) is 6.61 Å². The van der Waals surface area contributed by atoms with Gasteiger partial charge in [-0.25, -0.2) is 0 Å². The Morgan fingerprint density at radius 2 is 1.74 bits per heavy atom. The third-order valence-corrected chi connectivity index (χ3v) is 4.04. The summed E-state index contributed by atoms with van der Waals surface area (Å²) in [5.74, 6) is -0.430. The second kappa shape index (κ2) is 10.7. The zero-order chi connectivity index (χ0) is 19.6. The van der Waals surface area contributed by atoms with Gasteiger partial charge in [-0.1, -0.05) is 53.5 Å². The number of aryl methyl sites for hydroxylation is 1. The molecule has 0 aliphatic carbocycles. The minimum Gasteiger partial charge on any atom is -0.482 e. The summed E-state index contributed by atoms with van der Waals surface area (Å²) >= 11 is 16.7. The van der Waals surface area contributed by atoms with Crippen LogP contribution < -0.4 is 20.9 Å². The van der Waals surface area contributed by atoms with Crippen LogP contribution in [0.15, 0.2) is 48.5 Å². The van der Waals surface area contributed by atoms with Crippen molar-refractivity contribution in [3.63, 3.8) is 0 Å². The van der Waals surface area contributed by atoms with E-state index in [0.29, 0.717) is 22.2 Å². The first-order valence-corrected chi connectivity index (χ1v) is 9.11. The van der Waals surface area contributed by atoms with Gasteiger partial charge < -0.3 is 4.74 Å². The molecule has 9 heteroatoms. The molecule has 0 atom stereocenters. The first kappa shape index (κ1) is 21.0. The third-order valence-electron chi connectivity index (χ3n) is 3.30. The van der Waals surface area contributed by atoms with Gasteiger partial charge in [0.05, 0.1) is 5.02 Å². The van der Waals surface area contributed by atoms with Gasteiger partial charge in [-0.05, 0) is 42.4 Å². The van der Waals surface area contributed by atoms with Crippen LogP contribution in [0.1, 0.15) is 12.0 Å². The van der Waals surface area contributed by atoms with Gasteiger partial charge in [-0.15, -0.1) is 0 Å². The van der Waals surface area contributed by atoms with Crippen LogP contribution in [0.25, 0.3) is 0 Å². The van der Waals surface area contributed by atoms with Crippen molar-refractivity contribution in [2.45, 2.75) is 12.8 Å². The minimum absolute atomic E-state index is 0.0427. The Kier molecular flexibility index (Phi) is 8.32. The first-order chi connectivity index (χ1) is 12.9. The van der Waals surface area contributed by atoms with Crippen molar-refractivity contribution >= 4 is 52.3 Å². The quantitative estimate of drug-likeness (QED) is 0.489. The summed E-state index contributed by atoms with van der Waals surface area (Å²) < 4.78 is 5.29. The third kappa shape index (κ3) is 7.82. The van der Waals surface area contributed by atoms with Crippen molar-refractivity contribution in [3.8, 4) is 5.75 Å². The van der Waals surface area contributed by atoms with Gasteiger partial charge in [0.25, 0.3) is 5.91 Å². The van der Waals surface area contributed by atoms with Gasteiger partial charge in [0, 0.05) is 11.4 Å². The van der Waals surface area contributed by atoms with Crippen molar-refractivity contribution in [1.29, 1.82) is 0 Å². The molecular formula is C18H17Cl2N3O3S. The topological polar surface area (TPSA) is 79.5 Å². The second-order valence-electron chi connectivity index (χ2n) is 5.40. The van der Waals surface area contributed by atoms with Crippen LogP contribution in [-0.2, 0) is 16.0 Å². The van der Waals surface area contributed by atoms with E-state index in [-0.39, 0.29) is 24.0 Å². The zero-order valence-electron chi connectivity index (χ0n) is 14.1. The van der Waals surface area contributed by atoms with Crippen molar-refractivity contribution in [3.05, 3.63) is 64.1 Å². The Morgan fingerprint density at radius 1 is 1.00 bits per heavy atom. The van der Waals surface area contributed by atoms with Crippen LogP contribution in [0, 0.1) is 0 Å². The highest BCUT2D eigenvalue weighted by Crippen LogP contribution is 2.27. The van der Waals surface area contributed by atoms with E-state index in [1.807, 2.05) is 30.3 Å². The molecule has 2 aromatic carbocycles. The largest absolute Gasteiger partial charge is 0.482 e. The molecule has 0 aromatic heterocycles. The predicted molar refractivity (Wildman–Crippen MR) is 109 cm³/mol.